The topological polar surface area (TPSA) is 76.4 Å². The van der Waals surface area contributed by atoms with Gasteiger partial charge < -0.3 is 15.4 Å². The third-order valence-corrected chi connectivity index (χ3v) is 4.62. The maximum absolute atomic E-state index is 6.18. The molecule has 2 aromatic carbocycles. The van der Waals surface area contributed by atoms with Gasteiger partial charge in [0.2, 0.25) is 0 Å². The summed E-state index contributed by atoms with van der Waals surface area (Å²) in [4.78, 5) is 8.92. The quantitative estimate of drug-likeness (QED) is 0.257. The van der Waals surface area contributed by atoms with Crippen LogP contribution in [0.1, 0.15) is 23.9 Å². The van der Waals surface area contributed by atoms with E-state index in [1.54, 1.807) is 4.68 Å². The van der Waals surface area contributed by atoms with Crippen LogP contribution in [0.4, 0.5) is 0 Å². The van der Waals surface area contributed by atoms with Gasteiger partial charge in [0.25, 0.3) is 0 Å². The highest BCUT2D eigenvalue weighted by Crippen LogP contribution is 2.24. The van der Waals surface area contributed by atoms with Crippen LogP contribution in [-0.4, -0.2) is 27.3 Å². The summed E-state index contributed by atoms with van der Waals surface area (Å²) in [5.74, 6) is 2.23. The summed E-state index contributed by atoms with van der Waals surface area (Å²) in [6, 6.07) is 15.6. The van der Waals surface area contributed by atoms with Gasteiger partial charge in [-0.3, -0.25) is 4.68 Å². The number of aromatic nitrogens is 3. The fourth-order valence-corrected chi connectivity index (χ4v) is 2.91. The zero-order valence-corrected chi connectivity index (χ0v) is 20.1. The number of aliphatic imine (C=N–C) groups is 1. The van der Waals surface area contributed by atoms with Gasteiger partial charge >= 0.3 is 0 Å². The largest absolute Gasteiger partial charge is 0.487 e. The standard InChI is InChI=1S/C21H25ClN6O.HI/c1-3-23-21(25-13-20-26-15-27-28(20)2)24-12-16-8-4-5-9-17(16)14-29-19-11-7-6-10-18(19)22;/h4-11,15H,3,12-14H2,1-2H3,(H2,23,24,25);1H. The maximum atomic E-state index is 6.18. The molecular formula is C21H26ClIN6O. The highest BCUT2D eigenvalue weighted by atomic mass is 127. The van der Waals surface area contributed by atoms with Gasteiger partial charge in [0, 0.05) is 13.6 Å². The van der Waals surface area contributed by atoms with E-state index in [-0.39, 0.29) is 24.0 Å². The number of para-hydroxylation sites is 1. The SMILES string of the molecule is CCNC(=NCc1ccccc1COc1ccccc1Cl)NCc1ncnn1C.I. The van der Waals surface area contributed by atoms with Gasteiger partial charge in [0.1, 0.15) is 24.5 Å². The van der Waals surface area contributed by atoms with E-state index < -0.39 is 0 Å². The van der Waals surface area contributed by atoms with Gasteiger partial charge in [0.15, 0.2) is 5.96 Å². The van der Waals surface area contributed by atoms with E-state index in [4.69, 9.17) is 21.3 Å². The molecule has 0 amide bonds. The van der Waals surface area contributed by atoms with Crippen LogP contribution in [0.5, 0.6) is 5.75 Å². The number of hydrogen-bond donors (Lipinski definition) is 2. The molecule has 3 aromatic rings. The molecule has 1 aromatic heterocycles. The van der Waals surface area contributed by atoms with Crippen molar-refractivity contribution in [2.75, 3.05) is 6.54 Å². The van der Waals surface area contributed by atoms with E-state index in [1.165, 1.54) is 6.33 Å². The first-order valence-corrected chi connectivity index (χ1v) is 9.84. The minimum absolute atomic E-state index is 0. The van der Waals surface area contributed by atoms with Crippen LogP contribution in [0.2, 0.25) is 5.02 Å². The molecule has 9 heteroatoms. The summed E-state index contributed by atoms with van der Waals surface area (Å²) < 4.78 is 7.63. The van der Waals surface area contributed by atoms with Crippen molar-refractivity contribution < 1.29 is 4.74 Å². The van der Waals surface area contributed by atoms with Crippen LogP contribution in [0.3, 0.4) is 0 Å². The Morgan fingerprint density at radius 3 is 2.53 bits per heavy atom. The number of nitrogens with one attached hydrogen (secondary N) is 2. The zero-order chi connectivity index (χ0) is 20.5. The number of guanidine groups is 1. The number of benzene rings is 2. The Bertz CT molecular complexity index is 962. The summed E-state index contributed by atoms with van der Waals surface area (Å²) in [5.41, 5.74) is 2.16. The lowest BCUT2D eigenvalue weighted by atomic mass is 10.1. The second-order valence-electron chi connectivity index (χ2n) is 6.34. The molecule has 30 heavy (non-hydrogen) atoms. The van der Waals surface area contributed by atoms with Crippen LogP contribution in [0.25, 0.3) is 0 Å². The smallest absolute Gasteiger partial charge is 0.191 e. The van der Waals surface area contributed by atoms with Crippen LogP contribution in [0, 0.1) is 0 Å². The predicted octanol–water partition coefficient (Wildman–Crippen LogP) is 3.92. The predicted molar refractivity (Wildman–Crippen MR) is 130 cm³/mol. The minimum atomic E-state index is 0. The fraction of sp³-hybridized carbons (Fsp3) is 0.286. The van der Waals surface area contributed by atoms with Gasteiger partial charge in [-0.25, -0.2) is 9.98 Å². The molecule has 0 aliphatic heterocycles. The van der Waals surface area contributed by atoms with E-state index >= 15 is 0 Å². The van der Waals surface area contributed by atoms with E-state index in [9.17, 15) is 0 Å². The van der Waals surface area contributed by atoms with Crippen molar-refractivity contribution >= 4 is 41.5 Å². The molecule has 0 aliphatic rings. The second kappa shape index (κ2) is 12.4. The van der Waals surface area contributed by atoms with Crippen LogP contribution in [0.15, 0.2) is 59.9 Å². The first kappa shape index (κ1) is 23.9. The Kier molecular flexibility index (Phi) is 9.88. The molecule has 0 aliphatic carbocycles. The molecule has 0 atom stereocenters. The molecule has 0 spiro atoms. The number of rotatable bonds is 8. The average molecular weight is 541 g/mol. The van der Waals surface area contributed by atoms with Crippen molar-refractivity contribution in [1.82, 2.24) is 25.4 Å². The van der Waals surface area contributed by atoms with Gasteiger partial charge in [0.05, 0.1) is 18.1 Å². The van der Waals surface area contributed by atoms with Crippen molar-refractivity contribution in [1.29, 1.82) is 0 Å². The Hall–Kier alpha value is -2.33. The van der Waals surface area contributed by atoms with Crippen molar-refractivity contribution in [3.8, 4) is 5.75 Å². The molecule has 0 saturated heterocycles. The van der Waals surface area contributed by atoms with Crippen molar-refractivity contribution in [3.63, 3.8) is 0 Å². The summed E-state index contributed by atoms with van der Waals surface area (Å²) in [7, 11) is 1.86. The Morgan fingerprint density at radius 1 is 1.10 bits per heavy atom. The number of ether oxygens (including phenoxy) is 1. The zero-order valence-electron chi connectivity index (χ0n) is 17.0. The van der Waals surface area contributed by atoms with Gasteiger partial charge in [-0.05, 0) is 30.2 Å². The third kappa shape index (κ3) is 6.88. The molecular weight excluding hydrogens is 515 g/mol. The Labute approximate surface area is 198 Å². The lowest BCUT2D eigenvalue weighted by molar-refractivity contribution is 0.305. The number of halogens is 2. The van der Waals surface area contributed by atoms with Gasteiger partial charge in [-0.15, -0.1) is 24.0 Å². The summed E-state index contributed by atoms with van der Waals surface area (Å²) >= 11 is 6.18. The molecule has 0 bridgehead atoms. The van der Waals surface area contributed by atoms with Gasteiger partial charge in [-0.2, -0.15) is 5.10 Å². The molecule has 0 unspecified atom stereocenters. The molecule has 7 nitrogen and oxygen atoms in total. The summed E-state index contributed by atoms with van der Waals surface area (Å²) in [6.07, 6.45) is 1.54. The Balaban J connectivity index is 0.00000320. The molecule has 3 rings (SSSR count). The summed E-state index contributed by atoms with van der Waals surface area (Å²) in [5, 5.41) is 11.2. The van der Waals surface area contributed by atoms with Crippen LogP contribution in [-0.2, 0) is 26.7 Å². The number of nitrogens with zero attached hydrogens (tertiary/aromatic N) is 4. The molecule has 0 saturated carbocycles. The maximum Gasteiger partial charge on any atom is 0.191 e. The lowest BCUT2D eigenvalue weighted by Gasteiger charge is -2.13. The molecule has 0 radical (unpaired) electrons. The third-order valence-electron chi connectivity index (χ3n) is 4.31. The average Bonchev–Trinajstić information content (AvgIpc) is 3.15. The molecule has 2 N–H and O–H groups in total. The number of hydrogen-bond acceptors (Lipinski definition) is 4. The highest BCUT2D eigenvalue weighted by Gasteiger charge is 2.06. The van der Waals surface area contributed by atoms with Crippen LogP contribution >= 0.6 is 35.6 Å². The first-order chi connectivity index (χ1) is 14.2. The van der Waals surface area contributed by atoms with Crippen LogP contribution < -0.4 is 15.4 Å². The lowest BCUT2D eigenvalue weighted by Crippen LogP contribution is -2.37. The van der Waals surface area contributed by atoms with Crippen molar-refractivity contribution in [2.24, 2.45) is 12.0 Å². The van der Waals surface area contributed by atoms with E-state index in [0.717, 1.165) is 29.5 Å². The van der Waals surface area contributed by atoms with E-state index in [2.05, 4.69) is 26.8 Å². The van der Waals surface area contributed by atoms with E-state index in [0.29, 0.717) is 30.5 Å². The fourth-order valence-electron chi connectivity index (χ4n) is 2.72. The molecule has 0 fully saturated rings. The molecule has 160 valence electrons. The first-order valence-electron chi connectivity index (χ1n) is 9.46. The highest BCUT2D eigenvalue weighted by molar-refractivity contribution is 14.0. The Morgan fingerprint density at radius 2 is 1.83 bits per heavy atom. The minimum Gasteiger partial charge on any atom is -0.487 e. The normalized spacial score (nSPS) is 11.0. The van der Waals surface area contributed by atoms with Crippen molar-refractivity contribution in [2.45, 2.75) is 26.6 Å². The van der Waals surface area contributed by atoms with Gasteiger partial charge in [-0.1, -0.05) is 48.0 Å². The van der Waals surface area contributed by atoms with Crippen molar-refractivity contribution in [3.05, 3.63) is 76.8 Å². The van der Waals surface area contributed by atoms with E-state index in [1.807, 2.05) is 56.4 Å². The molecule has 1 heterocycles. The monoisotopic (exact) mass is 540 g/mol. The number of aryl methyl sites for hydroxylation is 1. The second-order valence-corrected chi connectivity index (χ2v) is 6.74. The summed E-state index contributed by atoms with van der Waals surface area (Å²) in [6.45, 7) is 4.29.